The van der Waals surface area contributed by atoms with Gasteiger partial charge in [-0.05, 0) is 19.2 Å². The summed E-state index contributed by atoms with van der Waals surface area (Å²) in [5, 5.41) is 19.4. The van der Waals surface area contributed by atoms with E-state index < -0.39 is 0 Å². The molecular formula is C14H18ClN7O. The molecule has 1 aromatic carbocycles. The average molecular weight is 336 g/mol. The maximum absolute atomic E-state index is 5.21. The van der Waals surface area contributed by atoms with Gasteiger partial charge in [-0.15, -0.1) is 22.6 Å². The third-order valence-corrected chi connectivity index (χ3v) is 3.25. The number of benzene rings is 1. The number of aromatic nitrogens is 6. The first-order valence-electron chi connectivity index (χ1n) is 7.06. The molecule has 0 spiro atoms. The van der Waals surface area contributed by atoms with Gasteiger partial charge >= 0.3 is 0 Å². The standard InChI is InChI=1S/C14H17N7O.ClH/c1-10(15-2)8-12-16-13(22-19-12)9-21-18-14(17-20-21)11-6-4-3-5-7-11;/h3-7,10,15H,8-9H2,1-2H3;1H. The summed E-state index contributed by atoms with van der Waals surface area (Å²) in [5.41, 5.74) is 0.919. The molecule has 0 amide bonds. The minimum absolute atomic E-state index is 0. The fourth-order valence-corrected chi connectivity index (χ4v) is 1.95. The number of hydrogen-bond donors (Lipinski definition) is 1. The summed E-state index contributed by atoms with van der Waals surface area (Å²) in [7, 11) is 1.90. The second kappa shape index (κ2) is 7.80. The van der Waals surface area contributed by atoms with Crippen LogP contribution in [0.5, 0.6) is 0 Å². The van der Waals surface area contributed by atoms with Gasteiger partial charge in [-0.2, -0.15) is 9.78 Å². The van der Waals surface area contributed by atoms with Crippen molar-refractivity contribution < 1.29 is 4.52 Å². The van der Waals surface area contributed by atoms with Crippen molar-refractivity contribution in [2.24, 2.45) is 0 Å². The maximum Gasteiger partial charge on any atom is 0.250 e. The molecule has 23 heavy (non-hydrogen) atoms. The van der Waals surface area contributed by atoms with E-state index >= 15 is 0 Å². The third-order valence-electron chi connectivity index (χ3n) is 3.25. The lowest BCUT2D eigenvalue weighted by atomic mass is 10.2. The number of nitrogens with one attached hydrogen (secondary N) is 1. The second-order valence-corrected chi connectivity index (χ2v) is 5.01. The summed E-state index contributed by atoms with van der Waals surface area (Å²) in [6.45, 7) is 2.36. The molecule has 0 radical (unpaired) electrons. The molecule has 9 heteroatoms. The van der Waals surface area contributed by atoms with Gasteiger partial charge in [0.05, 0.1) is 0 Å². The minimum atomic E-state index is 0. The quantitative estimate of drug-likeness (QED) is 0.726. The smallest absolute Gasteiger partial charge is 0.250 e. The fourth-order valence-electron chi connectivity index (χ4n) is 1.95. The van der Waals surface area contributed by atoms with Crippen molar-refractivity contribution in [1.29, 1.82) is 0 Å². The van der Waals surface area contributed by atoms with Crippen LogP contribution < -0.4 is 5.32 Å². The highest BCUT2D eigenvalue weighted by atomic mass is 35.5. The predicted octanol–water partition coefficient (Wildman–Crippen LogP) is 1.34. The largest absolute Gasteiger partial charge is 0.337 e. The molecule has 122 valence electrons. The summed E-state index contributed by atoms with van der Waals surface area (Å²) < 4.78 is 5.21. The maximum atomic E-state index is 5.21. The predicted molar refractivity (Wildman–Crippen MR) is 86.1 cm³/mol. The molecule has 1 atom stereocenters. The van der Waals surface area contributed by atoms with E-state index in [2.05, 4.69) is 37.8 Å². The molecule has 3 rings (SSSR count). The zero-order chi connectivity index (χ0) is 15.4. The molecule has 0 saturated heterocycles. The lowest BCUT2D eigenvalue weighted by Gasteiger charge is -2.04. The van der Waals surface area contributed by atoms with Crippen molar-refractivity contribution in [2.75, 3.05) is 7.05 Å². The molecule has 2 heterocycles. The van der Waals surface area contributed by atoms with Crippen LogP contribution in [0.3, 0.4) is 0 Å². The SMILES string of the molecule is CNC(C)Cc1noc(Cn2nnc(-c3ccccc3)n2)n1.Cl. The number of halogens is 1. The molecule has 2 aromatic heterocycles. The molecule has 1 N–H and O–H groups in total. The van der Waals surface area contributed by atoms with E-state index in [1.807, 2.05) is 37.4 Å². The first-order valence-corrected chi connectivity index (χ1v) is 7.06. The topological polar surface area (TPSA) is 94.6 Å². The van der Waals surface area contributed by atoms with E-state index in [0.717, 1.165) is 5.56 Å². The fraction of sp³-hybridized carbons (Fsp3) is 0.357. The molecule has 8 nitrogen and oxygen atoms in total. The van der Waals surface area contributed by atoms with Crippen molar-refractivity contribution in [2.45, 2.75) is 25.9 Å². The number of nitrogens with zero attached hydrogens (tertiary/aromatic N) is 6. The van der Waals surface area contributed by atoms with Crippen LogP contribution in [0.4, 0.5) is 0 Å². The van der Waals surface area contributed by atoms with Gasteiger partial charge in [-0.25, -0.2) is 0 Å². The summed E-state index contributed by atoms with van der Waals surface area (Å²) in [4.78, 5) is 5.77. The van der Waals surface area contributed by atoms with Gasteiger partial charge in [0.2, 0.25) is 11.7 Å². The summed E-state index contributed by atoms with van der Waals surface area (Å²) in [6.07, 6.45) is 0.708. The summed E-state index contributed by atoms with van der Waals surface area (Å²) in [6, 6.07) is 9.97. The Kier molecular flexibility index (Phi) is 5.78. The second-order valence-electron chi connectivity index (χ2n) is 5.01. The number of tetrazole rings is 1. The van der Waals surface area contributed by atoms with Crippen LogP contribution >= 0.6 is 12.4 Å². The van der Waals surface area contributed by atoms with Crippen molar-refractivity contribution in [1.82, 2.24) is 35.7 Å². The van der Waals surface area contributed by atoms with E-state index in [4.69, 9.17) is 4.52 Å². The molecule has 0 bridgehead atoms. The Morgan fingerprint density at radius 1 is 1.26 bits per heavy atom. The Balaban J connectivity index is 0.00000192. The molecule has 0 aliphatic carbocycles. The van der Waals surface area contributed by atoms with Gasteiger partial charge in [0.1, 0.15) is 6.54 Å². The summed E-state index contributed by atoms with van der Waals surface area (Å²) >= 11 is 0. The Hall–Kier alpha value is -2.32. The Morgan fingerprint density at radius 3 is 2.78 bits per heavy atom. The van der Waals surface area contributed by atoms with E-state index in [1.165, 1.54) is 4.80 Å². The lowest BCUT2D eigenvalue weighted by molar-refractivity contribution is 0.351. The van der Waals surface area contributed by atoms with Crippen LogP contribution in [-0.4, -0.2) is 43.4 Å². The zero-order valence-corrected chi connectivity index (χ0v) is 13.7. The van der Waals surface area contributed by atoms with Gasteiger partial charge in [0.25, 0.3) is 0 Å². The van der Waals surface area contributed by atoms with Crippen LogP contribution in [0.15, 0.2) is 34.9 Å². The number of hydrogen-bond acceptors (Lipinski definition) is 7. The molecule has 0 fully saturated rings. The third kappa shape index (κ3) is 4.33. The van der Waals surface area contributed by atoms with Crippen LogP contribution in [0, 0.1) is 0 Å². The Bertz CT molecular complexity index is 728. The van der Waals surface area contributed by atoms with Gasteiger partial charge in [0, 0.05) is 18.0 Å². The number of rotatable bonds is 6. The monoisotopic (exact) mass is 335 g/mol. The lowest BCUT2D eigenvalue weighted by Crippen LogP contribution is -2.24. The van der Waals surface area contributed by atoms with Gasteiger partial charge in [-0.1, -0.05) is 35.5 Å². The first kappa shape index (κ1) is 17.0. The van der Waals surface area contributed by atoms with Gasteiger partial charge in [-0.3, -0.25) is 0 Å². The highest BCUT2D eigenvalue weighted by Crippen LogP contribution is 2.12. The first-order chi connectivity index (χ1) is 10.7. The zero-order valence-electron chi connectivity index (χ0n) is 12.9. The molecule has 0 aliphatic rings. The highest BCUT2D eigenvalue weighted by Gasteiger charge is 2.12. The van der Waals surface area contributed by atoms with Gasteiger partial charge < -0.3 is 9.84 Å². The van der Waals surface area contributed by atoms with Crippen LogP contribution in [0.2, 0.25) is 0 Å². The molecule has 0 aliphatic heterocycles. The van der Waals surface area contributed by atoms with E-state index in [1.54, 1.807) is 0 Å². The molecule has 1 unspecified atom stereocenters. The Morgan fingerprint density at radius 2 is 2.04 bits per heavy atom. The van der Waals surface area contributed by atoms with E-state index in [-0.39, 0.29) is 12.4 Å². The van der Waals surface area contributed by atoms with Crippen molar-refractivity contribution in [3.05, 3.63) is 42.0 Å². The van der Waals surface area contributed by atoms with E-state index in [9.17, 15) is 0 Å². The minimum Gasteiger partial charge on any atom is -0.337 e. The van der Waals surface area contributed by atoms with Gasteiger partial charge in [0.15, 0.2) is 5.82 Å². The Labute approximate surface area is 139 Å². The van der Waals surface area contributed by atoms with Crippen molar-refractivity contribution in [3.63, 3.8) is 0 Å². The van der Waals surface area contributed by atoms with Crippen molar-refractivity contribution >= 4 is 12.4 Å². The summed E-state index contributed by atoms with van der Waals surface area (Å²) in [5.74, 6) is 1.71. The van der Waals surface area contributed by atoms with E-state index in [0.29, 0.717) is 36.5 Å². The average Bonchev–Trinajstić information content (AvgIpc) is 3.18. The van der Waals surface area contributed by atoms with Crippen LogP contribution in [-0.2, 0) is 13.0 Å². The molecule has 3 aromatic rings. The highest BCUT2D eigenvalue weighted by molar-refractivity contribution is 5.85. The van der Waals surface area contributed by atoms with Crippen LogP contribution in [0.25, 0.3) is 11.4 Å². The van der Waals surface area contributed by atoms with Crippen molar-refractivity contribution in [3.8, 4) is 11.4 Å². The van der Waals surface area contributed by atoms with Crippen LogP contribution in [0.1, 0.15) is 18.6 Å². The number of likely N-dealkylation sites (N-methyl/N-ethyl adjacent to an activating group) is 1. The molecular weight excluding hydrogens is 318 g/mol. The molecule has 0 saturated carbocycles. The normalized spacial score (nSPS) is 11.9.